The predicted molar refractivity (Wildman–Crippen MR) is 84.3 cm³/mol. The molecule has 3 rings (SSSR count). The van der Waals surface area contributed by atoms with E-state index >= 15 is 0 Å². The Morgan fingerprint density at radius 3 is 2.44 bits per heavy atom. The SMILES string of the molecule is Nc1ccc2nc(-c3ccc(I)cc3)ccc2c1. The summed E-state index contributed by atoms with van der Waals surface area (Å²) in [6.45, 7) is 0. The average Bonchev–Trinajstić information content (AvgIpc) is 2.39. The van der Waals surface area contributed by atoms with Crippen LogP contribution in [0.4, 0.5) is 5.69 Å². The molecule has 2 nitrogen and oxygen atoms in total. The molecule has 0 fully saturated rings. The zero-order valence-corrected chi connectivity index (χ0v) is 11.8. The second-order valence-corrected chi connectivity index (χ2v) is 5.40. The van der Waals surface area contributed by atoms with Gasteiger partial charge >= 0.3 is 0 Å². The van der Waals surface area contributed by atoms with Crippen molar-refractivity contribution in [2.24, 2.45) is 0 Å². The lowest BCUT2D eigenvalue weighted by Crippen LogP contribution is -1.88. The molecular weight excluding hydrogens is 335 g/mol. The lowest BCUT2D eigenvalue weighted by atomic mass is 10.1. The summed E-state index contributed by atoms with van der Waals surface area (Å²) < 4.78 is 1.23. The number of fused-ring (bicyclic) bond motifs is 1. The fraction of sp³-hybridized carbons (Fsp3) is 0. The van der Waals surface area contributed by atoms with Gasteiger partial charge in [0, 0.05) is 20.2 Å². The second kappa shape index (κ2) is 4.57. The maximum absolute atomic E-state index is 5.76. The average molecular weight is 346 g/mol. The Bertz CT molecular complexity index is 705. The number of anilines is 1. The van der Waals surface area contributed by atoms with Crippen LogP contribution < -0.4 is 5.73 Å². The summed E-state index contributed by atoms with van der Waals surface area (Å²) in [4.78, 5) is 4.66. The number of nitrogens with zero attached hydrogens (tertiary/aromatic N) is 1. The maximum Gasteiger partial charge on any atom is 0.0711 e. The highest BCUT2D eigenvalue weighted by atomic mass is 127. The molecule has 0 atom stereocenters. The molecule has 0 aliphatic rings. The molecule has 0 bridgehead atoms. The van der Waals surface area contributed by atoms with Crippen molar-refractivity contribution in [3.63, 3.8) is 0 Å². The van der Waals surface area contributed by atoms with E-state index in [0.717, 1.165) is 27.8 Å². The minimum Gasteiger partial charge on any atom is -0.399 e. The molecule has 1 aromatic heterocycles. The fourth-order valence-corrected chi connectivity index (χ4v) is 2.29. The highest BCUT2D eigenvalue weighted by Crippen LogP contribution is 2.22. The van der Waals surface area contributed by atoms with Crippen molar-refractivity contribution in [3.8, 4) is 11.3 Å². The zero-order chi connectivity index (χ0) is 12.5. The minimum absolute atomic E-state index is 0.770. The number of nitrogen functional groups attached to an aromatic ring is 1. The van der Waals surface area contributed by atoms with Crippen LogP contribution in [0.15, 0.2) is 54.6 Å². The minimum atomic E-state index is 0.770. The van der Waals surface area contributed by atoms with Crippen LogP contribution in [0, 0.1) is 3.57 Å². The van der Waals surface area contributed by atoms with Gasteiger partial charge in [0.1, 0.15) is 0 Å². The van der Waals surface area contributed by atoms with E-state index in [1.807, 2.05) is 24.3 Å². The van der Waals surface area contributed by atoms with Gasteiger partial charge in [-0.15, -0.1) is 0 Å². The first-order chi connectivity index (χ1) is 8.72. The monoisotopic (exact) mass is 346 g/mol. The van der Waals surface area contributed by atoms with Crippen LogP contribution >= 0.6 is 22.6 Å². The van der Waals surface area contributed by atoms with Gasteiger partial charge in [0.15, 0.2) is 0 Å². The van der Waals surface area contributed by atoms with Crippen molar-refractivity contribution in [2.45, 2.75) is 0 Å². The topological polar surface area (TPSA) is 38.9 Å². The quantitative estimate of drug-likeness (QED) is 0.533. The van der Waals surface area contributed by atoms with Crippen LogP contribution in [-0.2, 0) is 0 Å². The van der Waals surface area contributed by atoms with Crippen molar-refractivity contribution < 1.29 is 0 Å². The Morgan fingerprint density at radius 2 is 1.67 bits per heavy atom. The van der Waals surface area contributed by atoms with Crippen molar-refractivity contribution in [3.05, 3.63) is 58.2 Å². The van der Waals surface area contributed by atoms with Crippen molar-refractivity contribution in [1.29, 1.82) is 0 Å². The Hall–Kier alpha value is -1.62. The molecule has 0 aliphatic carbocycles. The number of halogens is 1. The summed E-state index contributed by atoms with van der Waals surface area (Å²) in [5.74, 6) is 0. The molecule has 0 spiro atoms. The maximum atomic E-state index is 5.76. The molecular formula is C15H11IN2. The van der Waals surface area contributed by atoms with Gasteiger partial charge in [-0.05, 0) is 59.0 Å². The Balaban J connectivity index is 2.13. The molecule has 0 saturated carbocycles. The van der Waals surface area contributed by atoms with E-state index in [1.54, 1.807) is 0 Å². The van der Waals surface area contributed by atoms with Crippen molar-refractivity contribution >= 4 is 39.2 Å². The number of rotatable bonds is 1. The van der Waals surface area contributed by atoms with Crippen LogP contribution in [0.25, 0.3) is 22.2 Å². The fourth-order valence-electron chi connectivity index (χ4n) is 1.93. The van der Waals surface area contributed by atoms with E-state index in [-0.39, 0.29) is 0 Å². The lowest BCUT2D eigenvalue weighted by Gasteiger charge is -2.04. The van der Waals surface area contributed by atoms with Gasteiger partial charge in [-0.1, -0.05) is 18.2 Å². The third kappa shape index (κ3) is 2.18. The molecule has 3 aromatic rings. The number of hydrogen-bond acceptors (Lipinski definition) is 2. The molecule has 2 aromatic carbocycles. The molecule has 0 saturated heterocycles. The second-order valence-electron chi connectivity index (χ2n) is 4.16. The zero-order valence-electron chi connectivity index (χ0n) is 9.60. The van der Waals surface area contributed by atoms with Gasteiger partial charge in [-0.2, -0.15) is 0 Å². The molecule has 0 aliphatic heterocycles. The number of pyridine rings is 1. The summed E-state index contributed by atoms with van der Waals surface area (Å²) >= 11 is 2.30. The number of nitrogens with two attached hydrogens (primary N) is 1. The molecule has 0 amide bonds. The van der Waals surface area contributed by atoms with Gasteiger partial charge < -0.3 is 5.73 Å². The highest BCUT2D eigenvalue weighted by molar-refractivity contribution is 14.1. The molecule has 2 N–H and O–H groups in total. The van der Waals surface area contributed by atoms with Crippen LogP contribution in [-0.4, -0.2) is 4.98 Å². The van der Waals surface area contributed by atoms with Gasteiger partial charge in [0.25, 0.3) is 0 Å². The molecule has 18 heavy (non-hydrogen) atoms. The van der Waals surface area contributed by atoms with Crippen LogP contribution in [0.3, 0.4) is 0 Å². The van der Waals surface area contributed by atoms with E-state index < -0.39 is 0 Å². The number of hydrogen-bond donors (Lipinski definition) is 1. The standard InChI is InChI=1S/C15H11IN2/c16-12-4-1-10(2-5-12)14-7-3-11-9-13(17)6-8-15(11)18-14/h1-9H,17H2. The normalized spacial score (nSPS) is 10.7. The predicted octanol–water partition coefficient (Wildman–Crippen LogP) is 4.09. The lowest BCUT2D eigenvalue weighted by molar-refractivity contribution is 1.40. The smallest absolute Gasteiger partial charge is 0.0711 e. The van der Waals surface area contributed by atoms with E-state index in [2.05, 4.69) is 57.9 Å². The molecule has 3 heteroatoms. The largest absolute Gasteiger partial charge is 0.399 e. The number of benzene rings is 2. The first kappa shape index (κ1) is 11.5. The Labute approximate surface area is 119 Å². The molecule has 1 heterocycles. The summed E-state index contributed by atoms with van der Waals surface area (Å²) in [6, 6.07) is 18.2. The van der Waals surface area contributed by atoms with E-state index in [1.165, 1.54) is 3.57 Å². The van der Waals surface area contributed by atoms with Gasteiger partial charge in [-0.25, -0.2) is 4.98 Å². The third-order valence-corrected chi connectivity index (χ3v) is 3.57. The number of aromatic nitrogens is 1. The molecule has 88 valence electrons. The van der Waals surface area contributed by atoms with Crippen molar-refractivity contribution in [2.75, 3.05) is 5.73 Å². The summed E-state index contributed by atoms with van der Waals surface area (Å²) in [6.07, 6.45) is 0. The van der Waals surface area contributed by atoms with Crippen LogP contribution in [0.2, 0.25) is 0 Å². The Morgan fingerprint density at radius 1 is 0.889 bits per heavy atom. The molecule has 0 unspecified atom stereocenters. The first-order valence-electron chi connectivity index (χ1n) is 5.64. The molecule has 0 radical (unpaired) electrons. The Kier molecular flexibility index (Phi) is 2.91. The van der Waals surface area contributed by atoms with E-state index in [4.69, 9.17) is 5.73 Å². The van der Waals surface area contributed by atoms with Gasteiger partial charge in [0.05, 0.1) is 11.2 Å². The van der Waals surface area contributed by atoms with Crippen LogP contribution in [0.1, 0.15) is 0 Å². The van der Waals surface area contributed by atoms with Gasteiger partial charge in [0.2, 0.25) is 0 Å². The summed E-state index contributed by atoms with van der Waals surface area (Å²) in [5.41, 5.74) is 9.63. The van der Waals surface area contributed by atoms with Crippen molar-refractivity contribution in [1.82, 2.24) is 4.98 Å². The first-order valence-corrected chi connectivity index (χ1v) is 6.72. The third-order valence-electron chi connectivity index (χ3n) is 2.85. The van der Waals surface area contributed by atoms with Gasteiger partial charge in [-0.3, -0.25) is 0 Å². The summed E-state index contributed by atoms with van der Waals surface area (Å²) in [7, 11) is 0. The highest BCUT2D eigenvalue weighted by Gasteiger charge is 2.01. The van der Waals surface area contributed by atoms with E-state index in [0.29, 0.717) is 0 Å². The van der Waals surface area contributed by atoms with Crippen LogP contribution in [0.5, 0.6) is 0 Å². The summed E-state index contributed by atoms with van der Waals surface area (Å²) in [5, 5.41) is 1.07. The van der Waals surface area contributed by atoms with E-state index in [9.17, 15) is 0 Å².